The van der Waals surface area contributed by atoms with Crippen LogP contribution in [0.2, 0.25) is 5.02 Å². The Morgan fingerprint density at radius 3 is 2.55 bits per heavy atom. The highest BCUT2D eigenvalue weighted by Crippen LogP contribution is 2.28. The molecule has 0 spiro atoms. The number of nitrogens with zero attached hydrogens (tertiary/aromatic N) is 3. The summed E-state index contributed by atoms with van der Waals surface area (Å²) in [6.45, 7) is 0.901. The lowest BCUT2D eigenvalue weighted by molar-refractivity contribution is 0.629. The molecule has 6 heteroatoms. The lowest BCUT2D eigenvalue weighted by Crippen LogP contribution is -2.23. The van der Waals surface area contributed by atoms with Crippen LogP contribution in [-0.4, -0.2) is 14.1 Å². The molecule has 0 unspecified atom stereocenters. The van der Waals surface area contributed by atoms with Gasteiger partial charge >= 0.3 is 0 Å². The van der Waals surface area contributed by atoms with Gasteiger partial charge in [0, 0.05) is 23.5 Å². The Labute approximate surface area is 183 Å². The lowest BCUT2D eigenvalue weighted by Gasteiger charge is -2.10. The molecule has 0 saturated heterocycles. The normalized spacial score (nSPS) is 11.4. The number of benzene rings is 3. The summed E-state index contributed by atoms with van der Waals surface area (Å²) >= 11 is 6.39. The van der Waals surface area contributed by atoms with Gasteiger partial charge in [0.25, 0.3) is 5.56 Å². The van der Waals surface area contributed by atoms with Crippen LogP contribution in [0, 0.1) is 5.82 Å². The zero-order valence-corrected chi connectivity index (χ0v) is 17.4. The molecule has 0 aliphatic heterocycles. The highest BCUT2D eigenvalue weighted by atomic mass is 35.5. The Balaban J connectivity index is 1.67. The van der Waals surface area contributed by atoms with Crippen molar-refractivity contribution in [1.29, 1.82) is 0 Å². The van der Waals surface area contributed by atoms with E-state index in [1.165, 1.54) is 12.1 Å². The first-order chi connectivity index (χ1) is 15.1. The first-order valence-corrected chi connectivity index (χ1v) is 10.4. The molecule has 5 rings (SSSR count). The number of halogens is 2. The third-order valence-electron chi connectivity index (χ3n) is 5.56. The van der Waals surface area contributed by atoms with E-state index in [9.17, 15) is 9.18 Å². The van der Waals surface area contributed by atoms with Gasteiger partial charge in [0.05, 0.1) is 11.8 Å². The molecule has 0 aliphatic rings. The van der Waals surface area contributed by atoms with Crippen molar-refractivity contribution in [3.05, 3.63) is 111 Å². The van der Waals surface area contributed by atoms with E-state index in [0.717, 1.165) is 16.6 Å². The third-order valence-corrected chi connectivity index (χ3v) is 5.93. The number of rotatable bonds is 5. The molecule has 0 atom stereocenters. The molecule has 0 radical (unpaired) electrons. The maximum absolute atomic E-state index is 14.0. The second-order valence-electron chi connectivity index (χ2n) is 7.51. The molecule has 5 aromatic rings. The van der Waals surface area contributed by atoms with Gasteiger partial charge < -0.3 is 4.57 Å². The second-order valence-corrected chi connectivity index (χ2v) is 7.92. The fraction of sp³-hybridized carbons (Fsp3) is 0.120. The van der Waals surface area contributed by atoms with Gasteiger partial charge in [-0.1, -0.05) is 60.1 Å². The molecule has 4 nitrogen and oxygen atoms in total. The quantitative estimate of drug-likeness (QED) is 0.372. The molecule has 31 heavy (non-hydrogen) atoms. The summed E-state index contributed by atoms with van der Waals surface area (Å²) in [6.07, 6.45) is 2.27. The van der Waals surface area contributed by atoms with Crippen LogP contribution in [0.1, 0.15) is 11.1 Å². The van der Waals surface area contributed by atoms with Crippen LogP contribution in [0.5, 0.6) is 0 Å². The maximum atomic E-state index is 14.0. The Morgan fingerprint density at radius 2 is 1.74 bits per heavy atom. The van der Waals surface area contributed by atoms with E-state index in [2.05, 4.69) is 4.98 Å². The molecule has 0 aliphatic carbocycles. The first-order valence-electron chi connectivity index (χ1n) is 10.1. The summed E-state index contributed by atoms with van der Waals surface area (Å²) in [5.41, 5.74) is 3.59. The van der Waals surface area contributed by atoms with Gasteiger partial charge in [-0.25, -0.2) is 9.37 Å². The minimum atomic E-state index is -0.362. The van der Waals surface area contributed by atoms with Crippen LogP contribution in [-0.2, 0) is 19.5 Å². The Kier molecular flexibility index (Phi) is 5.04. The van der Waals surface area contributed by atoms with Gasteiger partial charge in [-0.2, -0.15) is 0 Å². The van der Waals surface area contributed by atoms with Gasteiger partial charge in [-0.3, -0.25) is 9.36 Å². The molecule has 0 bridgehead atoms. The van der Waals surface area contributed by atoms with Crippen LogP contribution in [0.15, 0.2) is 83.9 Å². The summed E-state index contributed by atoms with van der Waals surface area (Å²) in [7, 11) is 0. The summed E-state index contributed by atoms with van der Waals surface area (Å²) in [4.78, 5) is 18.0. The highest BCUT2D eigenvalue weighted by molar-refractivity contribution is 6.31. The molecule has 2 heterocycles. The lowest BCUT2D eigenvalue weighted by atomic mass is 10.1. The Bertz CT molecular complexity index is 1460. The SMILES string of the molecule is O=c1c2c(ncn1CCc1ccccc1)c1cc(F)ccc1n2Cc1ccccc1Cl. The van der Waals surface area contributed by atoms with Crippen molar-refractivity contribution in [2.24, 2.45) is 0 Å². The van der Waals surface area contributed by atoms with Crippen LogP contribution >= 0.6 is 11.6 Å². The second kappa shape index (κ2) is 8.00. The van der Waals surface area contributed by atoms with Crippen molar-refractivity contribution in [2.75, 3.05) is 0 Å². The maximum Gasteiger partial charge on any atom is 0.277 e. The van der Waals surface area contributed by atoms with E-state index < -0.39 is 0 Å². The molecule has 154 valence electrons. The zero-order chi connectivity index (χ0) is 21.4. The van der Waals surface area contributed by atoms with E-state index in [4.69, 9.17) is 11.6 Å². The molecule has 0 fully saturated rings. The average Bonchev–Trinajstić information content (AvgIpc) is 3.09. The summed E-state index contributed by atoms with van der Waals surface area (Å²) in [6, 6.07) is 22.0. The molecule has 3 aromatic carbocycles. The fourth-order valence-corrected chi connectivity index (χ4v) is 4.18. The van der Waals surface area contributed by atoms with Gasteiger partial charge in [-0.05, 0) is 41.8 Å². The van der Waals surface area contributed by atoms with E-state index in [0.29, 0.717) is 41.0 Å². The number of aromatic nitrogens is 3. The Morgan fingerprint density at radius 1 is 0.968 bits per heavy atom. The fourth-order valence-electron chi connectivity index (χ4n) is 3.99. The predicted octanol–water partition coefficient (Wildman–Crippen LogP) is 5.43. The van der Waals surface area contributed by atoms with Gasteiger partial charge in [-0.15, -0.1) is 0 Å². The van der Waals surface area contributed by atoms with E-state index in [1.807, 2.05) is 59.2 Å². The van der Waals surface area contributed by atoms with Crippen molar-refractivity contribution >= 4 is 33.5 Å². The van der Waals surface area contributed by atoms with Crippen LogP contribution in [0.3, 0.4) is 0 Å². The van der Waals surface area contributed by atoms with Crippen LogP contribution in [0.4, 0.5) is 4.39 Å². The standard InChI is InChI=1S/C25H19ClFN3O/c26-21-9-5-4-8-18(21)15-30-22-11-10-19(27)14-20(22)23-24(30)25(31)29(16-28-23)13-12-17-6-2-1-3-7-17/h1-11,14,16H,12-13,15H2. The number of fused-ring (bicyclic) bond motifs is 3. The van der Waals surface area contributed by atoms with Crippen LogP contribution < -0.4 is 5.56 Å². The zero-order valence-electron chi connectivity index (χ0n) is 16.6. The van der Waals surface area contributed by atoms with Crippen molar-refractivity contribution in [3.63, 3.8) is 0 Å². The average molecular weight is 432 g/mol. The van der Waals surface area contributed by atoms with Crippen molar-refractivity contribution in [2.45, 2.75) is 19.5 Å². The third kappa shape index (κ3) is 3.62. The van der Waals surface area contributed by atoms with Crippen molar-refractivity contribution < 1.29 is 4.39 Å². The predicted molar refractivity (Wildman–Crippen MR) is 122 cm³/mol. The summed E-state index contributed by atoms with van der Waals surface area (Å²) in [5.74, 6) is -0.362. The topological polar surface area (TPSA) is 39.8 Å². The minimum absolute atomic E-state index is 0.149. The number of aryl methyl sites for hydroxylation is 2. The molecule has 2 aromatic heterocycles. The van der Waals surface area contributed by atoms with E-state index >= 15 is 0 Å². The molecule has 0 amide bonds. The molecule has 0 N–H and O–H groups in total. The van der Waals surface area contributed by atoms with Crippen LogP contribution in [0.25, 0.3) is 21.9 Å². The van der Waals surface area contributed by atoms with Gasteiger partial charge in [0.2, 0.25) is 0 Å². The molecule has 0 saturated carbocycles. The van der Waals surface area contributed by atoms with Gasteiger partial charge in [0.1, 0.15) is 16.9 Å². The highest BCUT2D eigenvalue weighted by Gasteiger charge is 2.18. The summed E-state index contributed by atoms with van der Waals surface area (Å²) < 4.78 is 17.5. The van der Waals surface area contributed by atoms with Crippen molar-refractivity contribution in [3.8, 4) is 0 Å². The molecular weight excluding hydrogens is 413 g/mol. The van der Waals surface area contributed by atoms with E-state index in [1.54, 1.807) is 17.0 Å². The monoisotopic (exact) mass is 431 g/mol. The number of hydrogen-bond donors (Lipinski definition) is 0. The van der Waals surface area contributed by atoms with Gasteiger partial charge in [0.15, 0.2) is 0 Å². The number of hydrogen-bond acceptors (Lipinski definition) is 2. The molecular formula is C25H19ClFN3O. The largest absolute Gasteiger partial charge is 0.330 e. The first kappa shape index (κ1) is 19.5. The summed E-state index contributed by atoms with van der Waals surface area (Å²) in [5, 5.41) is 1.24. The smallest absolute Gasteiger partial charge is 0.277 e. The Hall–Kier alpha value is -3.44. The minimum Gasteiger partial charge on any atom is -0.330 e. The van der Waals surface area contributed by atoms with E-state index in [-0.39, 0.29) is 11.4 Å². The van der Waals surface area contributed by atoms with Crippen molar-refractivity contribution in [1.82, 2.24) is 14.1 Å².